The Bertz CT molecular complexity index is 446. The molecule has 19 heavy (non-hydrogen) atoms. The van der Waals surface area contributed by atoms with Crippen LogP contribution < -0.4 is 10.2 Å². The first-order valence-electron chi connectivity index (χ1n) is 6.16. The minimum absolute atomic E-state index is 0.0209. The maximum atomic E-state index is 11.8. The van der Waals surface area contributed by atoms with Gasteiger partial charge >= 0.3 is 0 Å². The van der Waals surface area contributed by atoms with E-state index in [2.05, 4.69) is 17.2 Å². The van der Waals surface area contributed by atoms with Gasteiger partial charge < -0.3 is 15.0 Å². The van der Waals surface area contributed by atoms with E-state index in [0.29, 0.717) is 24.8 Å². The molecule has 1 aliphatic heterocycles. The van der Waals surface area contributed by atoms with E-state index in [-0.39, 0.29) is 17.9 Å². The van der Waals surface area contributed by atoms with Crippen molar-refractivity contribution in [1.82, 2.24) is 10.3 Å². The van der Waals surface area contributed by atoms with E-state index in [9.17, 15) is 4.79 Å². The van der Waals surface area contributed by atoms with Crippen molar-refractivity contribution in [2.24, 2.45) is 5.41 Å². The largest absolute Gasteiger partial charge is 0.380 e. The summed E-state index contributed by atoms with van der Waals surface area (Å²) in [4.78, 5) is 17.8. The molecule has 0 bridgehead atoms. The Labute approximate surface area is 117 Å². The summed E-state index contributed by atoms with van der Waals surface area (Å²) in [7, 11) is 1.82. The first-order chi connectivity index (χ1) is 8.98. The first-order valence-corrected chi connectivity index (χ1v) is 6.53. The highest BCUT2D eigenvalue weighted by molar-refractivity contribution is 6.30. The van der Waals surface area contributed by atoms with Crippen LogP contribution in [0.3, 0.4) is 0 Å². The maximum Gasteiger partial charge on any atom is 0.239 e. The predicted molar refractivity (Wildman–Crippen MR) is 74.5 cm³/mol. The zero-order valence-corrected chi connectivity index (χ0v) is 11.9. The number of hydrogen-bond donors (Lipinski definition) is 1. The van der Waals surface area contributed by atoms with Gasteiger partial charge in [0.25, 0.3) is 0 Å². The fourth-order valence-electron chi connectivity index (χ4n) is 1.81. The van der Waals surface area contributed by atoms with Crippen LogP contribution in [0.25, 0.3) is 0 Å². The lowest BCUT2D eigenvalue weighted by Crippen LogP contribution is -2.50. The molecule has 2 rings (SSSR count). The number of rotatable bonds is 5. The van der Waals surface area contributed by atoms with Crippen LogP contribution in [0.2, 0.25) is 5.02 Å². The Hall–Kier alpha value is -1.33. The van der Waals surface area contributed by atoms with Crippen LogP contribution >= 0.6 is 11.6 Å². The second kappa shape index (κ2) is 5.75. The predicted octanol–water partition coefficient (Wildman–Crippen LogP) is 1.32. The standard InChI is InChI=1S/C13H18ClN3O2/c1-13(8-19-9-13)7-16-12(18)6-17(2)11-4-3-10(14)5-15-11/h3-5H,6-9H2,1-2H3,(H,16,18). The molecule has 0 radical (unpaired) electrons. The molecule has 0 saturated carbocycles. The van der Waals surface area contributed by atoms with Gasteiger partial charge in [-0.1, -0.05) is 18.5 Å². The van der Waals surface area contributed by atoms with Crippen LogP contribution in [0.5, 0.6) is 0 Å². The highest BCUT2D eigenvalue weighted by Gasteiger charge is 2.33. The third-order valence-corrected chi connectivity index (χ3v) is 3.32. The number of ether oxygens (including phenoxy) is 1. The van der Waals surface area contributed by atoms with Crippen LogP contribution in [0.15, 0.2) is 18.3 Å². The Balaban J connectivity index is 1.79. The lowest BCUT2D eigenvalue weighted by Gasteiger charge is -2.38. The second-order valence-electron chi connectivity index (χ2n) is 5.27. The lowest BCUT2D eigenvalue weighted by atomic mass is 9.89. The molecule has 1 saturated heterocycles. The van der Waals surface area contributed by atoms with E-state index in [0.717, 1.165) is 5.82 Å². The number of carbonyl (C=O) groups is 1. The molecule has 5 nitrogen and oxygen atoms in total. The zero-order valence-electron chi connectivity index (χ0n) is 11.1. The van der Waals surface area contributed by atoms with Crippen LogP contribution in [-0.4, -0.2) is 44.2 Å². The molecule has 0 unspecified atom stereocenters. The Morgan fingerprint density at radius 2 is 2.32 bits per heavy atom. The van der Waals surface area contributed by atoms with E-state index in [1.165, 1.54) is 0 Å². The molecule has 2 heterocycles. The summed E-state index contributed by atoms with van der Waals surface area (Å²) in [5.41, 5.74) is 0.0900. The highest BCUT2D eigenvalue weighted by Crippen LogP contribution is 2.24. The number of amides is 1. The Kier molecular flexibility index (Phi) is 4.27. The number of pyridine rings is 1. The number of halogens is 1. The maximum absolute atomic E-state index is 11.8. The van der Waals surface area contributed by atoms with E-state index in [1.807, 2.05) is 7.05 Å². The molecule has 1 fully saturated rings. The van der Waals surface area contributed by atoms with Gasteiger partial charge in [0.1, 0.15) is 5.82 Å². The van der Waals surface area contributed by atoms with Gasteiger partial charge in [-0.2, -0.15) is 0 Å². The first kappa shape index (κ1) is 14.1. The van der Waals surface area contributed by atoms with Crippen molar-refractivity contribution < 1.29 is 9.53 Å². The van der Waals surface area contributed by atoms with Crippen LogP contribution in [0.4, 0.5) is 5.82 Å². The fourth-order valence-corrected chi connectivity index (χ4v) is 1.92. The van der Waals surface area contributed by atoms with Crippen molar-refractivity contribution in [1.29, 1.82) is 0 Å². The number of nitrogens with zero attached hydrogens (tertiary/aromatic N) is 2. The third kappa shape index (κ3) is 3.81. The SMILES string of the molecule is CN(CC(=O)NCC1(C)COC1)c1ccc(Cl)cn1. The number of aromatic nitrogens is 1. The van der Waals surface area contributed by atoms with Crippen molar-refractivity contribution in [3.8, 4) is 0 Å². The average Bonchev–Trinajstić information content (AvgIpc) is 2.35. The van der Waals surface area contributed by atoms with Gasteiger partial charge in [0.2, 0.25) is 5.91 Å². The molecular formula is C13H18ClN3O2. The minimum atomic E-state index is -0.0209. The van der Waals surface area contributed by atoms with Crippen molar-refractivity contribution in [3.63, 3.8) is 0 Å². The van der Waals surface area contributed by atoms with Gasteiger partial charge in [-0.3, -0.25) is 4.79 Å². The summed E-state index contributed by atoms with van der Waals surface area (Å²) in [5, 5.41) is 3.51. The Morgan fingerprint density at radius 3 is 2.84 bits per heavy atom. The third-order valence-electron chi connectivity index (χ3n) is 3.10. The second-order valence-corrected chi connectivity index (χ2v) is 5.71. The van der Waals surface area contributed by atoms with Gasteiger partial charge in [0, 0.05) is 25.2 Å². The summed E-state index contributed by atoms with van der Waals surface area (Å²) in [5.74, 6) is 0.699. The summed E-state index contributed by atoms with van der Waals surface area (Å²) >= 11 is 5.77. The molecule has 1 N–H and O–H groups in total. The monoisotopic (exact) mass is 283 g/mol. The van der Waals surface area contributed by atoms with Gasteiger partial charge in [-0.15, -0.1) is 0 Å². The summed E-state index contributed by atoms with van der Waals surface area (Å²) < 4.78 is 5.15. The van der Waals surface area contributed by atoms with Gasteiger partial charge in [-0.05, 0) is 12.1 Å². The molecule has 0 atom stereocenters. The average molecular weight is 284 g/mol. The number of carbonyl (C=O) groups excluding carboxylic acids is 1. The normalized spacial score (nSPS) is 16.6. The minimum Gasteiger partial charge on any atom is -0.380 e. The van der Waals surface area contributed by atoms with E-state index < -0.39 is 0 Å². The summed E-state index contributed by atoms with van der Waals surface area (Å²) in [6.07, 6.45) is 1.57. The molecule has 1 aliphatic rings. The quantitative estimate of drug-likeness (QED) is 0.886. The molecule has 6 heteroatoms. The fraction of sp³-hybridized carbons (Fsp3) is 0.538. The van der Waals surface area contributed by atoms with Crippen LogP contribution in [-0.2, 0) is 9.53 Å². The molecule has 0 aromatic carbocycles. The van der Waals surface area contributed by atoms with Gasteiger partial charge in [-0.25, -0.2) is 4.98 Å². The topological polar surface area (TPSA) is 54.5 Å². The van der Waals surface area contributed by atoms with E-state index >= 15 is 0 Å². The van der Waals surface area contributed by atoms with Gasteiger partial charge in [0.05, 0.1) is 24.8 Å². The van der Waals surface area contributed by atoms with Crippen LogP contribution in [0.1, 0.15) is 6.92 Å². The lowest BCUT2D eigenvalue weighted by molar-refractivity contribution is -0.125. The summed E-state index contributed by atoms with van der Waals surface area (Å²) in [6, 6.07) is 3.54. The molecule has 104 valence electrons. The van der Waals surface area contributed by atoms with Crippen molar-refractivity contribution >= 4 is 23.3 Å². The van der Waals surface area contributed by atoms with E-state index in [4.69, 9.17) is 16.3 Å². The van der Waals surface area contributed by atoms with Gasteiger partial charge in [0.15, 0.2) is 0 Å². The number of hydrogen-bond acceptors (Lipinski definition) is 4. The zero-order chi connectivity index (χ0) is 13.9. The molecule has 1 aromatic heterocycles. The number of nitrogens with one attached hydrogen (secondary N) is 1. The van der Waals surface area contributed by atoms with Crippen molar-refractivity contribution in [2.75, 3.05) is 38.3 Å². The van der Waals surface area contributed by atoms with E-state index in [1.54, 1.807) is 23.2 Å². The highest BCUT2D eigenvalue weighted by atomic mass is 35.5. The summed E-state index contributed by atoms with van der Waals surface area (Å²) in [6.45, 7) is 4.43. The molecular weight excluding hydrogens is 266 g/mol. The molecule has 1 amide bonds. The number of likely N-dealkylation sites (N-methyl/N-ethyl adjacent to an activating group) is 1. The smallest absolute Gasteiger partial charge is 0.239 e. The molecule has 0 spiro atoms. The van der Waals surface area contributed by atoms with Crippen molar-refractivity contribution in [3.05, 3.63) is 23.4 Å². The van der Waals surface area contributed by atoms with Crippen LogP contribution in [0, 0.1) is 5.41 Å². The number of anilines is 1. The molecule has 0 aliphatic carbocycles. The molecule has 1 aromatic rings. The van der Waals surface area contributed by atoms with Crippen molar-refractivity contribution in [2.45, 2.75) is 6.92 Å². The Morgan fingerprint density at radius 1 is 1.58 bits per heavy atom.